The van der Waals surface area contributed by atoms with Crippen molar-refractivity contribution in [1.29, 1.82) is 0 Å². The zero-order chi connectivity index (χ0) is 16.6. The van der Waals surface area contributed by atoms with Crippen LogP contribution in [-0.2, 0) is 16.6 Å². The van der Waals surface area contributed by atoms with Crippen LogP contribution in [0.15, 0.2) is 35.4 Å². The summed E-state index contributed by atoms with van der Waals surface area (Å²) in [5, 5.41) is 9.26. The van der Waals surface area contributed by atoms with E-state index in [2.05, 4.69) is 0 Å². The number of carbonyl (C=O) groups is 3. The molecule has 1 fully saturated rings. The van der Waals surface area contributed by atoms with Crippen molar-refractivity contribution in [3.05, 3.63) is 40.9 Å². The summed E-state index contributed by atoms with van der Waals surface area (Å²) in [5.41, 5.74) is 1.88. The average molecular weight is 330 g/mol. The SMILES string of the molecule is Cn1cc(/C=C2\SC(=O)N(CCC(=O)O)C2=O)c2ccccc21. The molecular formula is C16H14N2O4S. The number of amides is 2. The molecule has 0 radical (unpaired) electrons. The first-order chi connectivity index (χ1) is 11.0. The Morgan fingerprint density at radius 2 is 2.04 bits per heavy atom. The van der Waals surface area contributed by atoms with Crippen LogP contribution in [0.25, 0.3) is 17.0 Å². The monoisotopic (exact) mass is 330 g/mol. The molecule has 0 spiro atoms. The summed E-state index contributed by atoms with van der Waals surface area (Å²) < 4.78 is 1.95. The van der Waals surface area contributed by atoms with E-state index in [1.54, 1.807) is 6.08 Å². The van der Waals surface area contributed by atoms with Crippen molar-refractivity contribution >= 4 is 45.9 Å². The third kappa shape index (κ3) is 2.87. The fraction of sp³-hybridized carbons (Fsp3) is 0.188. The smallest absolute Gasteiger partial charge is 0.305 e. The van der Waals surface area contributed by atoms with Gasteiger partial charge in [0.2, 0.25) is 0 Å². The van der Waals surface area contributed by atoms with Crippen LogP contribution in [0.5, 0.6) is 0 Å². The third-order valence-corrected chi connectivity index (χ3v) is 4.54. The number of rotatable bonds is 4. The van der Waals surface area contributed by atoms with E-state index in [1.165, 1.54) is 0 Å². The Morgan fingerprint density at radius 3 is 2.78 bits per heavy atom. The summed E-state index contributed by atoms with van der Waals surface area (Å²) in [6.45, 7) is -0.104. The van der Waals surface area contributed by atoms with Crippen LogP contribution >= 0.6 is 11.8 Å². The van der Waals surface area contributed by atoms with E-state index in [0.717, 1.165) is 33.1 Å². The van der Waals surface area contributed by atoms with E-state index in [1.807, 2.05) is 42.1 Å². The van der Waals surface area contributed by atoms with Gasteiger partial charge in [0.05, 0.1) is 11.3 Å². The first-order valence-electron chi connectivity index (χ1n) is 6.98. The molecule has 118 valence electrons. The number of aromatic nitrogens is 1. The lowest BCUT2D eigenvalue weighted by atomic mass is 10.1. The van der Waals surface area contributed by atoms with E-state index in [0.29, 0.717) is 4.91 Å². The number of carboxylic acids is 1. The van der Waals surface area contributed by atoms with Gasteiger partial charge in [0.1, 0.15) is 0 Å². The number of carbonyl (C=O) groups excluding carboxylic acids is 2. The number of aryl methyl sites for hydroxylation is 1. The Kier molecular flexibility index (Phi) is 3.96. The van der Waals surface area contributed by atoms with Crippen LogP contribution < -0.4 is 0 Å². The number of aliphatic carboxylic acids is 1. The number of para-hydroxylation sites is 1. The van der Waals surface area contributed by atoms with Crippen LogP contribution in [0, 0.1) is 0 Å². The normalized spacial score (nSPS) is 16.7. The quantitative estimate of drug-likeness (QED) is 0.872. The number of thioether (sulfide) groups is 1. The van der Waals surface area contributed by atoms with Crippen molar-refractivity contribution in [2.24, 2.45) is 7.05 Å². The molecule has 0 bridgehead atoms. The topological polar surface area (TPSA) is 79.6 Å². The lowest BCUT2D eigenvalue weighted by Gasteiger charge is -2.09. The second-order valence-electron chi connectivity index (χ2n) is 5.19. The first-order valence-corrected chi connectivity index (χ1v) is 7.80. The number of carboxylic acid groups (broad SMARTS) is 1. The molecule has 2 aromatic rings. The fourth-order valence-electron chi connectivity index (χ4n) is 2.53. The van der Waals surface area contributed by atoms with E-state index < -0.39 is 17.1 Å². The maximum atomic E-state index is 12.3. The molecule has 1 saturated heterocycles. The fourth-order valence-corrected chi connectivity index (χ4v) is 3.39. The number of benzene rings is 1. The Hall–Kier alpha value is -2.54. The van der Waals surface area contributed by atoms with Crippen molar-refractivity contribution < 1.29 is 19.5 Å². The molecule has 23 heavy (non-hydrogen) atoms. The Balaban J connectivity index is 1.92. The largest absolute Gasteiger partial charge is 0.481 e. The molecule has 0 saturated carbocycles. The summed E-state index contributed by atoms with van der Waals surface area (Å²) in [7, 11) is 1.91. The molecule has 6 nitrogen and oxygen atoms in total. The molecule has 2 heterocycles. The van der Waals surface area contributed by atoms with Crippen molar-refractivity contribution in [2.75, 3.05) is 6.54 Å². The number of fused-ring (bicyclic) bond motifs is 1. The number of nitrogens with zero attached hydrogens (tertiary/aromatic N) is 2. The number of hydrogen-bond donors (Lipinski definition) is 1. The zero-order valence-electron chi connectivity index (χ0n) is 12.4. The minimum atomic E-state index is -1.04. The summed E-state index contributed by atoms with van der Waals surface area (Å²) in [6.07, 6.45) is 3.34. The Labute approximate surface area is 136 Å². The molecular weight excluding hydrogens is 316 g/mol. The molecule has 2 amide bonds. The van der Waals surface area contributed by atoms with Crippen molar-refractivity contribution in [3.8, 4) is 0 Å². The highest BCUT2D eigenvalue weighted by Crippen LogP contribution is 2.33. The molecule has 0 unspecified atom stereocenters. The minimum Gasteiger partial charge on any atom is -0.481 e. The van der Waals surface area contributed by atoms with Gasteiger partial charge in [-0.3, -0.25) is 19.3 Å². The summed E-state index contributed by atoms with van der Waals surface area (Å²) in [5.74, 6) is -1.48. The van der Waals surface area contributed by atoms with Gasteiger partial charge in [0, 0.05) is 36.3 Å². The summed E-state index contributed by atoms with van der Waals surface area (Å²) in [6, 6.07) is 7.78. The Morgan fingerprint density at radius 1 is 1.30 bits per heavy atom. The van der Waals surface area contributed by atoms with Gasteiger partial charge in [-0.2, -0.15) is 0 Å². The highest BCUT2D eigenvalue weighted by atomic mass is 32.2. The second-order valence-corrected chi connectivity index (χ2v) is 6.18. The van der Waals surface area contributed by atoms with Crippen molar-refractivity contribution in [2.45, 2.75) is 6.42 Å². The van der Waals surface area contributed by atoms with E-state index in [9.17, 15) is 14.4 Å². The molecule has 0 atom stereocenters. The van der Waals surface area contributed by atoms with Gasteiger partial charge < -0.3 is 9.67 Å². The zero-order valence-corrected chi connectivity index (χ0v) is 13.2. The molecule has 7 heteroatoms. The van der Waals surface area contributed by atoms with E-state index >= 15 is 0 Å². The van der Waals surface area contributed by atoms with Crippen molar-refractivity contribution in [3.63, 3.8) is 0 Å². The summed E-state index contributed by atoms with van der Waals surface area (Å²) >= 11 is 0.842. The van der Waals surface area contributed by atoms with Gasteiger partial charge >= 0.3 is 5.97 Å². The van der Waals surface area contributed by atoms with Crippen LogP contribution in [0.3, 0.4) is 0 Å². The van der Waals surface area contributed by atoms with Gasteiger partial charge in [-0.25, -0.2) is 0 Å². The average Bonchev–Trinajstić information content (AvgIpc) is 2.96. The lowest BCUT2D eigenvalue weighted by molar-refractivity contribution is -0.137. The number of hydrogen-bond acceptors (Lipinski definition) is 4. The van der Waals surface area contributed by atoms with Gasteiger partial charge in [-0.05, 0) is 23.9 Å². The standard InChI is InChI=1S/C16H14N2O4S/c1-17-9-10(11-4-2-3-5-12(11)17)8-13-15(21)18(16(22)23-13)7-6-14(19)20/h2-5,8-9H,6-7H2,1H3,(H,19,20)/b13-8-. The molecule has 0 aliphatic carbocycles. The predicted molar refractivity (Wildman–Crippen MR) is 87.8 cm³/mol. The van der Waals surface area contributed by atoms with Crippen LogP contribution in [-0.4, -0.2) is 38.2 Å². The summed E-state index contributed by atoms with van der Waals surface area (Å²) in [4.78, 5) is 36.1. The molecule has 1 aliphatic rings. The van der Waals surface area contributed by atoms with Gasteiger partial charge in [-0.15, -0.1) is 0 Å². The maximum Gasteiger partial charge on any atom is 0.305 e. The number of imide groups is 1. The first kappa shape index (κ1) is 15.4. The van der Waals surface area contributed by atoms with Crippen LogP contribution in [0.4, 0.5) is 4.79 Å². The van der Waals surface area contributed by atoms with E-state index in [-0.39, 0.29) is 13.0 Å². The Bertz CT molecular complexity index is 853. The van der Waals surface area contributed by atoms with Crippen LogP contribution in [0.1, 0.15) is 12.0 Å². The van der Waals surface area contributed by atoms with Crippen LogP contribution in [0.2, 0.25) is 0 Å². The molecule has 1 aromatic carbocycles. The highest BCUT2D eigenvalue weighted by molar-refractivity contribution is 8.18. The second kappa shape index (κ2) is 5.92. The predicted octanol–water partition coefficient (Wildman–Crippen LogP) is 2.69. The minimum absolute atomic E-state index is 0.104. The molecule has 1 N–H and O–H groups in total. The highest BCUT2D eigenvalue weighted by Gasteiger charge is 2.35. The van der Waals surface area contributed by atoms with Gasteiger partial charge in [0.25, 0.3) is 11.1 Å². The molecule has 1 aromatic heterocycles. The van der Waals surface area contributed by atoms with Gasteiger partial charge in [-0.1, -0.05) is 18.2 Å². The maximum absolute atomic E-state index is 12.3. The third-order valence-electron chi connectivity index (χ3n) is 3.64. The van der Waals surface area contributed by atoms with Crippen molar-refractivity contribution in [1.82, 2.24) is 9.47 Å². The molecule has 1 aliphatic heterocycles. The molecule has 3 rings (SSSR count). The lowest BCUT2D eigenvalue weighted by Crippen LogP contribution is -2.30. The van der Waals surface area contributed by atoms with Gasteiger partial charge in [0.15, 0.2) is 0 Å². The van der Waals surface area contributed by atoms with E-state index in [4.69, 9.17) is 5.11 Å².